The molecule has 0 amide bonds. The van der Waals surface area contributed by atoms with E-state index in [0.29, 0.717) is 0 Å². The van der Waals surface area contributed by atoms with E-state index in [4.69, 9.17) is 0 Å². The summed E-state index contributed by atoms with van der Waals surface area (Å²) in [5, 5.41) is 0. The van der Waals surface area contributed by atoms with Crippen LogP contribution >= 0.6 is 0 Å². The van der Waals surface area contributed by atoms with Crippen molar-refractivity contribution in [1.82, 2.24) is 4.31 Å². The number of carbonyl (C=O) groups is 1. The monoisotopic (exact) mass is 191 g/mol. The van der Waals surface area contributed by atoms with E-state index in [0.717, 1.165) is 19.4 Å². The van der Waals surface area contributed by atoms with Crippen molar-refractivity contribution in [2.24, 2.45) is 0 Å². The van der Waals surface area contributed by atoms with Crippen LogP contribution in [-0.4, -0.2) is 40.4 Å². The number of methoxy groups -OCH3 is 1. The number of rotatable bonds is 2. The van der Waals surface area contributed by atoms with Crippen LogP contribution in [0.15, 0.2) is 0 Å². The molecule has 5 heteroatoms. The second kappa shape index (κ2) is 4.00. The summed E-state index contributed by atoms with van der Waals surface area (Å²) < 4.78 is 17.4. The molecule has 0 bridgehead atoms. The third-order valence-electron chi connectivity index (χ3n) is 2.01. The molecule has 70 valence electrons. The second-order valence-corrected chi connectivity index (χ2v) is 4.06. The predicted molar refractivity (Wildman–Crippen MR) is 45.8 cm³/mol. The van der Waals surface area contributed by atoms with Crippen molar-refractivity contribution in [2.75, 3.05) is 19.9 Å². The molecule has 0 aromatic heterocycles. The summed E-state index contributed by atoms with van der Waals surface area (Å²) in [6, 6.07) is -0.291. The molecular formula is C7H13NO3S. The van der Waals surface area contributed by atoms with Crippen molar-refractivity contribution in [3.05, 3.63) is 0 Å². The standard InChI is InChI=1S/C7H13NO3S/c1-11-7(9)6-4-3-5-8(6)12(2)10/h6H,3-5H2,1-2H3. The van der Waals surface area contributed by atoms with Crippen molar-refractivity contribution in [3.63, 3.8) is 0 Å². The highest BCUT2D eigenvalue weighted by molar-refractivity contribution is 7.81. The van der Waals surface area contributed by atoms with Gasteiger partial charge in [0, 0.05) is 12.8 Å². The molecule has 1 fully saturated rings. The first-order chi connectivity index (χ1) is 5.66. The van der Waals surface area contributed by atoms with Crippen LogP contribution in [-0.2, 0) is 20.5 Å². The summed E-state index contributed by atoms with van der Waals surface area (Å²) in [6.07, 6.45) is 3.26. The second-order valence-electron chi connectivity index (χ2n) is 2.75. The Balaban J connectivity index is 2.63. The molecule has 12 heavy (non-hydrogen) atoms. The van der Waals surface area contributed by atoms with E-state index < -0.39 is 11.0 Å². The summed E-state index contributed by atoms with van der Waals surface area (Å²) in [4.78, 5) is 11.1. The molecule has 4 nitrogen and oxygen atoms in total. The van der Waals surface area contributed by atoms with E-state index in [2.05, 4.69) is 4.74 Å². The van der Waals surface area contributed by atoms with Crippen molar-refractivity contribution >= 4 is 17.0 Å². The fraction of sp³-hybridized carbons (Fsp3) is 0.857. The average Bonchev–Trinajstić information content (AvgIpc) is 2.50. The molecule has 1 aliphatic rings. The molecule has 2 unspecified atom stereocenters. The lowest BCUT2D eigenvalue weighted by atomic mass is 10.2. The maximum atomic E-state index is 11.1. The maximum absolute atomic E-state index is 11.1. The zero-order valence-electron chi connectivity index (χ0n) is 7.28. The third-order valence-corrected chi connectivity index (χ3v) is 3.10. The highest BCUT2D eigenvalue weighted by Gasteiger charge is 2.33. The molecule has 0 aliphatic carbocycles. The number of hydrogen-bond donors (Lipinski definition) is 0. The van der Waals surface area contributed by atoms with Crippen LogP contribution in [0, 0.1) is 0 Å². The minimum Gasteiger partial charge on any atom is -0.468 e. The van der Waals surface area contributed by atoms with Crippen LogP contribution < -0.4 is 0 Å². The van der Waals surface area contributed by atoms with Gasteiger partial charge < -0.3 is 4.74 Å². The van der Waals surface area contributed by atoms with Crippen molar-refractivity contribution in [2.45, 2.75) is 18.9 Å². The number of esters is 1. The Hall–Kier alpha value is -0.420. The van der Waals surface area contributed by atoms with Crippen LogP contribution in [0.4, 0.5) is 0 Å². The van der Waals surface area contributed by atoms with Gasteiger partial charge in [0.25, 0.3) is 0 Å². The van der Waals surface area contributed by atoms with E-state index in [1.54, 1.807) is 10.6 Å². The first-order valence-electron chi connectivity index (χ1n) is 3.85. The molecule has 0 N–H and O–H groups in total. The predicted octanol–water partition coefficient (Wildman–Crippen LogP) is -0.0827. The van der Waals surface area contributed by atoms with Gasteiger partial charge in [-0.05, 0) is 12.8 Å². The molecule has 0 radical (unpaired) electrons. The Morgan fingerprint density at radius 1 is 1.67 bits per heavy atom. The summed E-state index contributed by atoms with van der Waals surface area (Å²) in [7, 11) is 0.298. The van der Waals surface area contributed by atoms with Crippen LogP contribution in [0.1, 0.15) is 12.8 Å². The van der Waals surface area contributed by atoms with E-state index in [-0.39, 0.29) is 12.0 Å². The first kappa shape index (κ1) is 9.67. The van der Waals surface area contributed by atoms with Gasteiger partial charge in [-0.15, -0.1) is 0 Å². The number of carbonyl (C=O) groups excluding carboxylic acids is 1. The Bertz CT molecular complexity index is 207. The lowest BCUT2D eigenvalue weighted by Crippen LogP contribution is -2.37. The topological polar surface area (TPSA) is 46.6 Å². The van der Waals surface area contributed by atoms with Crippen molar-refractivity contribution in [3.8, 4) is 0 Å². The van der Waals surface area contributed by atoms with Crippen LogP contribution in [0.2, 0.25) is 0 Å². The summed E-state index contributed by atoms with van der Waals surface area (Å²) in [5.74, 6) is -0.275. The van der Waals surface area contributed by atoms with Gasteiger partial charge in [-0.2, -0.15) is 0 Å². The van der Waals surface area contributed by atoms with E-state index >= 15 is 0 Å². The van der Waals surface area contributed by atoms with Crippen LogP contribution in [0.25, 0.3) is 0 Å². The van der Waals surface area contributed by atoms with Gasteiger partial charge in [0.15, 0.2) is 0 Å². The fourth-order valence-corrected chi connectivity index (χ4v) is 2.36. The molecule has 0 saturated carbocycles. The smallest absolute Gasteiger partial charge is 0.324 e. The maximum Gasteiger partial charge on any atom is 0.324 e. The zero-order valence-corrected chi connectivity index (χ0v) is 8.10. The molecule has 1 aliphatic heterocycles. The number of hydrogen-bond acceptors (Lipinski definition) is 3. The molecule has 1 saturated heterocycles. The van der Waals surface area contributed by atoms with Crippen molar-refractivity contribution in [1.29, 1.82) is 0 Å². The Morgan fingerprint density at radius 3 is 2.83 bits per heavy atom. The van der Waals surface area contributed by atoms with Crippen LogP contribution in [0.5, 0.6) is 0 Å². The van der Waals surface area contributed by atoms with Gasteiger partial charge in [0.05, 0.1) is 18.1 Å². The lowest BCUT2D eigenvalue weighted by molar-refractivity contribution is -0.144. The number of nitrogens with zero attached hydrogens (tertiary/aromatic N) is 1. The van der Waals surface area contributed by atoms with E-state index in [9.17, 15) is 9.00 Å². The van der Waals surface area contributed by atoms with Gasteiger partial charge in [-0.3, -0.25) is 4.79 Å². The molecule has 0 aromatic rings. The minimum absolute atomic E-state index is 0.275. The highest BCUT2D eigenvalue weighted by atomic mass is 32.2. The summed E-state index contributed by atoms with van der Waals surface area (Å²) >= 11 is 0. The molecule has 0 aromatic carbocycles. The Labute approximate surface area is 74.5 Å². The van der Waals surface area contributed by atoms with Crippen LogP contribution in [0.3, 0.4) is 0 Å². The molecule has 1 heterocycles. The van der Waals surface area contributed by atoms with Gasteiger partial charge in [-0.1, -0.05) is 0 Å². The van der Waals surface area contributed by atoms with E-state index in [1.165, 1.54) is 7.11 Å². The van der Waals surface area contributed by atoms with Gasteiger partial charge in [-0.25, -0.2) is 8.51 Å². The SMILES string of the molecule is COC(=O)C1CCCN1S(C)=O. The summed E-state index contributed by atoms with van der Waals surface area (Å²) in [6.45, 7) is 0.725. The summed E-state index contributed by atoms with van der Waals surface area (Å²) in [5.41, 5.74) is 0. The fourth-order valence-electron chi connectivity index (χ4n) is 1.42. The van der Waals surface area contributed by atoms with Gasteiger partial charge >= 0.3 is 5.97 Å². The Morgan fingerprint density at radius 2 is 2.33 bits per heavy atom. The zero-order chi connectivity index (χ0) is 9.14. The molecule has 2 atom stereocenters. The van der Waals surface area contributed by atoms with E-state index in [1.807, 2.05) is 0 Å². The molecule has 0 spiro atoms. The quantitative estimate of drug-likeness (QED) is 0.573. The normalized spacial score (nSPS) is 27.0. The number of ether oxygens (including phenoxy) is 1. The molecular weight excluding hydrogens is 178 g/mol. The van der Waals surface area contributed by atoms with Gasteiger partial charge in [0.1, 0.15) is 6.04 Å². The minimum atomic E-state index is -1.06. The van der Waals surface area contributed by atoms with Crippen molar-refractivity contribution < 1.29 is 13.7 Å². The lowest BCUT2D eigenvalue weighted by Gasteiger charge is -2.18. The average molecular weight is 191 g/mol. The molecule has 1 rings (SSSR count). The first-order valence-corrected chi connectivity index (χ1v) is 5.36. The largest absolute Gasteiger partial charge is 0.468 e. The highest BCUT2D eigenvalue weighted by Crippen LogP contribution is 2.19. The third kappa shape index (κ3) is 1.84. The Kier molecular flexibility index (Phi) is 3.22. The van der Waals surface area contributed by atoms with Gasteiger partial charge in [0.2, 0.25) is 0 Å².